The minimum atomic E-state index is -0.395. The molecule has 6 nitrogen and oxygen atoms in total. The fourth-order valence-corrected chi connectivity index (χ4v) is 3.67. The van der Waals surface area contributed by atoms with E-state index in [1.54, 1.807) is 30.5 Å². The van der Waals surface area contributed by atoms with Crippen molar-refractivity contribution in [2.75, 3.05) is 25.0 Å². The first-order valence-electron chi connectivity index (χ1n) is 10.5. The van der Waals surface area contributed by atoms with Gasteiger partial charge in [0.25, 0.3) is 5.91 Å². The number of aromatic nitrogens is 3. The van der Waals surface area contributed by atoms with Crippen LogP contribution in [0.3, 0.4) is 0 Å². The highest BCUT2D eigenvalue weighted by molar-refractivity contribution is 6.03. The number of para-hydroxylation sites is 1. The number of anilines is 1. The molecular formula is C24H26FN5O. The molecule has 2 aromatic heterocycles. The molecule has 7 heteroatoms. The van der Waals surface area contributed by atoms with Gasteiger partial charge in [0.1, 0.15) is 11.5 Å². The van der Waals surface area contributed by atoms with Gasteiger partial charge in [-0.1, -0.05) is 26.0 Å². The summed E-state index contributed by atoms with van der Waals surface area (Å²) in [5.41, 5.74) is 2.35. The Balaban J connectivity index is 1.46. The SMILES string of the molecule is CCN(CC)CCn1ccc2cc(NC(=O)c3ccn(-c4ccccc4F)n3)ccc21. The molecule has 4 rings (SSSR count). The number of carbonyl (C=O) groups excluding carboxylic acids is 1. The number of amides is 1. The van der Waals surface area contributed by atoms with Gasteiger partial charge in [-0.05, 0) is 55.6 Å². The van der Waals surface area contributed by atoms with Crippen molar-refractivity contribution in [1.82, 2.24) is 19.2 Å². The lowest BCUT2D eigenvalue weighted by Gasteiger charge is -2.18. The molecule has 0 aliphatic heterocycles. The summed E-state index contributed by atoms with van der Waals surface area (Å²) < 4.78 is 17.6. The Kier molecular flexibility index (Phi) is 6.13. The van der Waals surface area contributed by atoms with Crippen molar-refractivity contribution in [3.05, 3.63) is 78.5 Å². The van der Waals surface area contributed by atoms with Crippen LogP contribution in [0, 0.1) is 5.82 Å². The molecule has 1 N–H and O–H groups in total. The summed E-state index contributed by atoms with van der Waals surface area (Å²) in [6, 6.07) is 15.8. The third-order valence-corrected chi connectivity index (χ3v) is 5.50. The maximum absolute atomic E-state index is 14.0. The number of carbonyl (C=O) groups is 1. The van der Waals surface area contributed by atoms with Gasteiger partial charge in [-0.25, -0.2) is 9.07 Å². The Morgan fingerprint density at radius 1 is 1.06 bits per heavy atom. The van der Waals surface area contributed by atoms with E-state index in [9.17, 15) is 9.18 Å². The predicted molar refractivity (Wildman–Crippen MR) is 121 cm³/mol. The maximum Gasteiger partial charge on any atom is 0.276 e. The molecule has 4 aromatic rings. The molecule has 2 aromatic carbocycles. The summed E-state index contributed by atoms with van der Waals surface area (Å²) in [5, 5.41) is 8.16. The summed E-state index contributed by atoms with van der Waals surface area (Å²) in [7, 11) is 0. The third kappa shape index (κ3) is 4.51. The summed E-state index contributed by atoms with van der Waals surface area (Å²) in [6.07, 6.45) is 3.66. The van der Waals surface area contributed by atoms with Gasteiger partial charge in [0.05, 0.1) is 0 Å². The van der Waals surface area contributed by atoms with Gasteiger partial charge >= 0.3 is 0 Å². The number of fused-ring (bicyclic) bond motifs is 1. The summed E-state index contributed by atoms with van der Waals surface area (Å²) >= 11 is 0. The molecular weight excluding hydrogens is 393 g/mol. The van der Waals surface area contributed by atoms with E-state index in [1.807, 2.05) is 18.2 Å². The van der Waals surface area contributed by atoms with Gasteiger partial charge in [-0.3, -0.25) is 4.79 Å². The molecule has 160 valence electrons. The van der Waals surface area contributed by atoms with Crippen LogP contribution in [0.1, 0.15) is 24.3 Å². The number of halogens is 1. The van der Waals surface area contributed by atoms with E-state index in [1.165, 1.54) is 10.7 Å². The normalized spacial score (nSPS) is 11.4. The van der Waals surface area contributed by atoms with Gasteiger partial charge in [0.2, 0.25) is 0 Å². The number of benzene rings is 2. The summed E-state index contributed by atoms with van der Waals surface area (Å²) in [6.45, 7) is 8.35. The predicted octanol–water partition coefficient (Wildman–Crippen LogP) is 4.56. The van der Waals surface area contributed by atoms with Crippen LogP contribution in [-0.2, 0) is 6.54 Å². The van der Waals surface area contributed by atoms with E-state index in [2.05, 4.69) is 46.0 Å². The highest BCUT2D eigenvalue weighted by Crippen LogP contribution is 2.21. The lowest BCUT2D eigenvalue weighted by molar-refractivity contribution is 0.102. The number of rotatable bonds is 8. The van der Waals surface area contributed by atoms with Crippen molar-refractivity contribution in [2.24, 2.45) is 0 Å². The van der Waals surface area contributed by atoms with E-state index >= 15 is 0 Å². The zero-order valence-corrected chi connectivity index (χ0v) is 17.8. The standard InChI is InChI=1S/C24H26FN5O/c1-3-28(4-2)15-16-29-13-11-18-17-19(9-10-22(18)29)26-24(31)21-12-14-30(27-21)23-8-6-5-7-20(23)25/h5-14,17H,3-4,15-16H2,1-2H3,(H,26,31). The van der Waals surface area contributed by atoms with Crippen molar-refractivity contribution in [2.45, 2.75) is 20.4 Å². The van der Waals surface area contributed by atoms with Crippen LogP contribution in [0.2, 0.25) is 0 Å². The molecule has 0 aliphatic rings. The van der Waals surface area contributed by atoms with Crippen LogP contribution >= 0.6 is 0 Å². The molecule has 0 atom stereocenters. The lowest BCUT2D eigenvalue weighted by Crippen LogP contribution is -2.26. The largest absolute Gasteiger partial charge is 0.346 e. The monoisotopic (exact) mass is 419 g/mol. The topological polar surface area (TPSA) is 55.1 Å². The smallest absolute Gasteiger partial charge is 0.276 e. The van der Waals surface area contributed by atoms with Gasteiger partial charge in [0, 0.05) is 42.1 Å². The summed E-state index contributed by atoms with van der Waals surface area (Å²) in [4.78, 5) is 15.0. The Labute approximate surface area is 180 Å². The van der Waals surface area contributed by atoms with E-state index < -0.39 is 5.82 Å². The van der Waals surface area contributed by atoms with Crippen LogP contribution in [0.15, 0.2) is 67.0 Å². The van der Waals surface area contributed by atoms with Crippen molar-refractivity contribution in [1.29, 1.82) is 0 Å². The van der Waals surface area contributed by atoms with Crippen LogP contribution in [0.25, 0.3) is 16.6 Å². The Morgan fingerprint density at radius 2 is 1.87 bits per heavy atom. The van der Waals surface area contributed by atoms with Gasteiger partial charge in [-0.2, -0.15) is 5.10 Å². The summed E-state index contributed by atoms with van der Waals surface area (Å²) in [5.74, 6) is -0.732. The molecule has 0 saturated heterocycles. The van der Waals surface area contributed by atoms with Crippen LogP contribution in [0.5, 0.6) is 0 Å². The molecule has 0 saturated carbocycles. The Bertz CT molecular complexity index is 1190. The Morgan fingerprint density at radius 3 is 2.65 bits per heavy atom. The van der Waals surface area contributed by atoms with E-state index in [-0.39, 0.29) is 11.6 Å². The van der Waals surface area contributed by atoms with Crippen LogP contribution in [-0.4, -0.2) is 44.8 Å². The highest BCUT2D eigenvalue weighted by atomic mass is 19.1. The van der Waals surface area contributed by atoms with Crippen molar-refractivity contribution < 1.29 is 9.18 Å². The average molecular weight is 420 g/mol. The fraction of sp³-hybridized carbons (Fsp3) is 0.250. The number of nitrogens with one attached hydrogen (secondary N) is 1. The minimum absolute atomic E-state index is 0.222. The van der Waals surface area contributed by atoms with Crippen LogP contribution in [0.4, 0.5) is 10.1 Å². The van der Waals surface area contributed by atoms with Crippen molar-refractivity contribution >= 4 is 22.5 Å². The maximum atomic E-state index is 14.0. The molecule has 0 radical (unpaired) electrons. The zero-order chi connectivity index (χ0) is 21.8. The highest BCUT2D eigenvalue weighted by Gasteiger charge is 2.13. The number of nitrogens with zero attached hydrogens (tertiary/aromatic N) is 4. The molecule has 0 bridgehead atoms. The molecule has 0 spiro atoms. The fourth-order valence-electron chi connectivity index (χ4n) is 3.67. The number of hydrogen-bond acceptors (Lipinski definition) is 3. The molecule has 1 amide bonds. The quantitative estimate of drug-likeness (QED) is 0.456. The van der Waals surface area contributed by atoms with Gasteiger partial charge in [0.15, 0.2) is 5.69 Å². The molecule has 0 aliphatic carbocycles. The molecule has 0 fully saturated rings. The van der Waals surface area contributed by atoms with Gasteiger partial charge in [-0.15, -0.1) is 0 Å². The second-order valence-electron chi connectivity index (χ2n) is 7.36. The first-order valence-corrected chi connectivity index (χ1v) is 10.5. The third-order valence-electron chi connectivity index (χ3n) is 5.50. The van der Waals surface area contributed by atoms with Crippen molar-refractivity contribution in [3.63, 3.8) is 0 Å². The second kappa shape index (κ2) is 9.14. The minimum Gasteiger partial charge on any atom is -0.346 e. The molecule has 31 heavy (non-hydrogen) atoms. The van der Waals surface area contributed by atoms with Crippen LogP contribution < -0.4 is 5.32 Å². The van der Waals surface area contributed by atoms with Crippen molar-refractivity contribution in [3.8, 4) is 5.69 Å². The van der Waals surface area contributed by atoms with E-state index in [0.717, 1.165) is 37.1 Å². The number of likely N-dealkylation sites (N-methyl/N-ethyl adjacent to an activating group) is 1. The Hall–Kier alpha value is -3.45. The van der Waals surface area contributed by atoms with Gasteiger partial charge < -0.3 is 14.8 Å². The molecule has 0 unspecified atom stereocenters. The second-order valence-corrected chi connectivity index (χ2v) is 7.36. The first-order chi connectivity index (χ1) is 15.1. The average Bonchev–Trinajstić information content (AvgIpc) is 3.42. The lowest BCUT2D eigenvalue weighted by atomic mass is 10.2. The zero-order valence-electron chi connectivity index (χ0n) is 17.8. The number of hydrogen-bond donors (Lipinski definition) is 1. The molecule has 2 heterocycles. The van der Waals surface area contributed by atoms with E-state index in [0.29, 0.717) is 11.4 Å². The first kappa shape index (κ1) is 20.8. The van der Waals surface area contributed by atoms with E-state index in [4.69, 9.17) is 0 Å².